The number of carbonyl (C=O) groups is 1. The van der Waals surface area contributed by atoms with Gasteiger partial charge < -0.3 is 9.84 Å². The summed E-state index contributed by atoms with van der Waals surface area (Å²) in [5.41, 5.74) is 3.53. The van der Waals surface area contributed by atoms with Gasteiger partial charge in [0.1, 0.15) is 5.69 Å². The second-order valence-corrected chi connectivity index (χ2v) is 10.8. The van der Waals surface area contributed by atoms with Gasteiger partial charge in [-0.15, -0.1) is 0 Å². The lowest BCUT2D eigenvalue weighted by atomic mass is 9.99. The number of piperidine rings is 1. The van der Waals surface area contributed by atoms with E-state index in [1.165, 1.54) is 4.31 Å². The van der Waals surface area contributed by atoms with Gasteiger partial charge in [-0.25, -0.2) is 8.42 Å². The molecule has 1 aromatic heterocycles. The second kappa shape index (κ2) is 11.0. The van der Waals surface area contributed by atoms with Gasteiger partial charge in [-0.3, -0.25) is 4.79 Å². The monoisotopic (exact) mass is 493 g/mol. The van der Waals surface area contributed by atoms with Crippen molar-refractivity contribution in [1.82, 2.24) is 14.8 Å². The summed E-state index contributed by atoms with van der Waals surface area (Å²) in [4.78, 5) is 12.9. The van der Waals surface area contributed by atoms with Gasteiger partial charge in [0, 0.05) is 19.6 Å². The smallest absolute Gasteiger partial charge is 0.248 e. The van der Waals surface area contributed by atoms with Gasteiger partial charge in [-0.1, -0.05) is 71.4 Å². The largest absolute Gasteiger partial charge is 0.355 e. The molecule has 1 saturated heterocycles. The number of benzene rings is 2. The van der Waals surface area contributed by atoms with Crippen LogP contribution in [-0.2, 0) is 21.2 Å². The van der Waals surface area contributed by atoms with Crippen LogP contribution in [0, 0.1) is 19.8 Å². The third-order valence-electron chi connectivity index (χ3n) is 6.25. The predicted molar refractivity (Wildman–Crippen MR) is 136 cm³/mol. The van der Waals surface area contributed by atoms with Gasteiger partial charge in [0.2, 0.25) is 15.9 Å². The van der Waals surface area contributed by atoms with Gasteiger partial charge in [-0.05, 0) is 50.3 Å². The Morgan fingerprint density at radius 3 is 2.60 bits per heavy atom. The number of aryl methyl sites for hydroxylation is 2. The molecule has 3 aromatic rings. The molecule has 7 nitrogen and oxygen atoms in total. The number of sulfonamides is 1. The first kappa shape index (κ1) is 24.9. The van der Waals surface area contributed by atoms with Crippen molar-refractivity contribution in [3.8, 4) is 0 Å². The number of hydrogen-bond acceptors (Lipinski definition) is 5. The van der Waals surface area contributed by atoms with E-state index in [4.69, 9.17) is 4.52 Å². The van der Waals surface area contributed by atoms with Crippen molar-refractivity contribution in [3.05, 3.63) is 82.7 Å². The highest BCUT2D eigenvalue weighted by molar-refractivity contribution is 7.89. The van der Waals surface area contributed by atoms with Crippen LogP contribution in [0.4, 0.5) is 0 Å². The van der Waals surface area contributed by atoms with Crippen molar-refractivity contribution < 1.29 is 17.7 Å². The summed E-state index contributed by atoms with van der Waals surface area (Å²) in [6, 6.07) is 17.8. The number of hydrogen-bond donors (Lipinski definition) is 1. The fourth-order valence-electron chi connectivity index (χ4n) is 4.27. The first-order valence-electron chi connectivity index (χ1n) is 11.9. The molecular formula is C27H31N3O4S. The van der Waals surface area contributed by atoms with E-state index < -0.39 is 10.0 Å². The summed E-state index contributed by atoms with van der Waals surface area (Å²) < 4.78 is 33.9. The molecule has 1 aliphatic rings. The molecule has 2 aromatic carbocycles. The first-order valence-corrected chi connectivity index (χ1v) is 13.3. The molecule has 1 atom stereocenters. The lowest BCUT2D eigenvalue weighted by Gasteiger charge is -2.31. The summed E-state index contributed by atoms with van der Waals surface area (Å²) in [6.07, 6.45) is 5.45. The third-order valence-corrected chi connectivity index (χ3v) is 8.27. The number of aromatic nitrogens is 1. The normalized spacial score (nSPS) is 17.0. The van der Waals surface area contributed by atoms with E-state index >= 15 is 0 Å². The molecule has 0 unspecified atom stereocenters. The Morgan fingerprint density at radius 2 is 1.86 bits per heavy atom. The van der Waals surface area contributed by atoms with E-state index in [1.54, 1.807) is 19.1 Å². The minimum atomic E-state index is -3.88. The molecule has 0 saturated carbocycles. The summed E-state index contributed by atoms with van der Waals surface area (Å²) >= 11 is 0. The lowest BCUT2D eigenvalue weighted by molar-refractivity contribution is -0.126. The fraction of sp³-hybridized carbons (Fsp3) is 0.333. The minimum Gasteiger partial charge on any atom is -0.355 e. The quantitative estimate of drug-likeness (QED) is 0.507. The molecule has 0 aliphatic carbocycles. The fourth-order valence-corrected chi connectivity index (χ4v) is 6.05. The topological polar surface area (TPSA) is 92.5 Å². The summed E-state index contributed by atoms with van der Waals surface area (Å²) in [5, 5.41) is 6.89. The summed E-state index contributed by atoms with van der Waals surface area (Å²) in [5.74, 6) is -0.305. The molecule has 1 aliphatic heterocycles. The highest BCUT2D eigenvalue weighted by atomic mass is 32.2. The average Bonchev–Trinajstić information content (AvgIpc) is 3.25. The van der Waals surface area contributed by atoms with Gasteiger partial charge in [0.15, 0.2) is 10.7 Å². The summed E-state index contributed by atoms with van der Waals surface area (Å²) in [7, 11) is -3.88. The molecule has 184 valence electrons. The molecular weight excluding hydrogens is 462 g/mol. The number of nitrogens with one attached hydrogen (secondary N) is 1. The Labute approximate surface area is 206 Å². The van der Waals surface area contributed by atoms with E-state index in [0.29, 0.717) is 31.6 Å². The van der Waals surface area contributed by atoms with Gasteiger partial charge >= 0.3 is 0 Å². The standard InChI is InChI=1S/C27H31N3O4S/c1-20-10-12-23(13-11-20)14-15-25-26(21(2)29-34-25)35(32,33)30-18-6-9-24(19-30)27(31)28-17-16-22-7-4-3-5-8-22/h3-5,7-8,10-15,24H,6,9,16-19H2,1-2H3,(H,28,31)/b15-14+/t24-/m0/s1. The Bertz CT molecular complexity index is 1280. The van der Waals surface area contributed by atoms with Gasteiger partial charge in [-0.2, -0.15) is 4.31 Å². The molecule has 2 heterocycles. The molecule has 8 heteroatoms. The van der Waals surface area contributed by atoms with Crippen LogP contribution in [0.5, 0.6) is 0 Å². The van der Waals surface area contributed by atoms with Crippen molar-refractivity contribution in [3.63, 3.8) is 0 Å². The van der Waals surface area contributed by atoms with Crippen LogP contribution in [0.15, 0.2) is 64.0 Å². The molecule has 1 N–H and O–H groups in total. The van der Waals surface area contributed by atoms with E-state index in [0.717, 1.165) is 23.1 Å². The SMILES string of the molecule is Cc1ccc(/C=C/c2onc(C)c2S(=O)(=O)N2CCC[C@H](C(=O)NCCc3ccccc3)C2)cc1. The zero-order chi connectivity index (χ0) is 24.8. The first-order chi connectivity index (χ1) is 16.8. The zero-order valence-electron chi connectivity index (χ0n) is 20.1. The van der Waals surface area contributed by atoms with E-state index in [-0.39, 0.29) is 29.0 Å². The van der Waals surface area contributed by atoms with E-state index in [2.05, 4.69) is 10.5 Å². The Kier molecular flexibility index (Phi) is 7.83. The van der Waals surface area contributed by atoms with Crippen LogP contribution in [-0.4, -0.2) is 43.4 Å². The van der Waals surface area contributed by atoms with Crippen molar-refractivity contribution in [2.24, 2.45) is 5.92 Å². The van der Waals surface area contributed by atoms with Crippen LogP contribution in [0.3, 0.4) is 0 Å². The number of nitrogens with zero attached hydrogens (tertiary/aromatic N) is 2. The van der Waals surface area contributed by atoms with Crippen LogP contribution >= 0.6 is 0 Å². The number of rotatable bonds is 8. The predicted octanol–water partition coefficient (Wildman–Crippen LogP) is 4.22. The zero-order valence-corrected chi connectivity index (χ0v) is 20.9. The van der Waals surface area contributed by atoms with E-state index in [1.807, 2.05) is 61.5 Å². The maximum absolute atomic E-state index is 13.6. The second-order valence-electron chi connectivity index (χ2n) is 8.93. The Morgan fingerprint density at radius 1 is 1.11 bits per heavy atom. The highest BCUT2D eigenvalue weighted by Crippen LogP contribution is 2.29. The van der Waals surface area contributed by atoms with Gasteiger partial charge in [0.25, 0.3) is 0 Å². The molecule has 35 heavy (non-hydrogen) atoms. The molecule has 1 amide bonds. The molecule has 0 radical (unpaired) electrons. The van der Waals surface area contributed by atoms with Crippen LogP contribution in [0.25, 0.3) is 12.2 Å². The number of carbonyl (C=O) groups excluding carboxylic acids is 1. The maximum Gasteiger partial charge on any atom is 0.248 e. The van der Waals surface area contributed by atoms with Crippen LogP contribution < -0.4 is 5.32 Å². The van der Waals surface area contributed by atoms with Crippen molar-refractivity contribution in [1.29, 1.82) is 0 Å². The number of amides is 1. The van der Waals surface area contributed by atoms with Crippen LogP contribution in [0.1, 0.15) is 41.0 Å². The Balaban J connectivity index is 1.44. The average molecular weight is 494 g/mol. The summed E-state index contributed by atoms with van der Waals surface area (Å²) in [6.45, 7) is 4.66. The molecule has 0 spiro atoms. The lowest BCUT2D eigenvalue weighted by Crippen LogP contribution is -2.45. The van der Waals surface area contributed by atoms with Gasteiger partial charge in [0.05, 0.1) is 5.92 Å². The molecule has 0 bridgehead atoms. The molecule has 4 rings (SSSR count). The highest BCUT2D eigenvalue weighted by Gasteiger charge is 2.36. The van der Waals surface area contributed by atoms with E-state index in [9.17, 15) is 13.2 Å². The van der Waals surface area contributed by atoms with Crippen LogP contribution in [0.2, 0.25) is 0 Å². The minimum absolute atomic E-state index is 0.0611. The Hall–Kier alpha value is -3.23. The maximum atomic E-state index is 13.6. The molecule has 1 fully saturated rings. The van der Waals surface area contributed by atoms with Crippen molar-refractivity contribution in [2.45, 2.75) is 38.0 Å². The third kappa shape index (κ3) is 6.07. The van der Waals surface area contributed by atoms with Crippen molar-refractivity contribution >= 4 is 28.1 Å². The van der Waals surface area contributed by atoms with Crippen molar-refractivity contribution in [2.75, 3.05) is 19.6 Å².